The summed E-state index contributed by atoms with van der Waals surface area (Å²) in [6.45, 7) is 4.26. The Hall–Kier alpha value is 0.907. The zero-order chi connectivity index (χ0) is 10.3. The van der Waals surface area contributed by atoms with E-state index in [0.29, 0.717) is 0 Å². The van der Waals surface area contributed by atoms with Crippen LogP contribution in [0.5, 0.6) is 0 Å². The Morgan fingerprint density at radius 1 is 1.46 bits per heavy atom. The van der Waals surface area contributed by atoms with E-state index in [1.54, 1.807) is 7.11 Å². The quantitative estimate of drug-likeness (QED) is 0.524. The minimum absolute atomic E-state index is 0.420. The molecule has 0 aliphatic rings. The highest BCUT2D eigenvalue weighted by Crippen LogP contribution is 2.25. The van der Waals surface area contributed by atoms with Crippen LogP contribution in [0.2, 0.25) is 12.1 Å². The highest BCUT2D eigenvalue weighted by atomic mass is 79.9. The van der Waals surface area contributed by atoms with E-state index in [1.165, 1.54) is 0 Å². The molecule has 0 fully saturated rings. The molecule has 0 spiro atoms. The van der Waals surface area contributed by atoms with Gasteiger partial charge in [0.15, 0.2) is 4.47 Å². The molecule has 2 atom stereocenters. The molecule has 0 saturated heterocycles. The third-order valence-electron chi connectivity index (χ3n) is 2.13. The molecule has 0 aromatic carbocycles. The summed E-state index contributed by atoms with van der Waals surface area (Å²) >= 11 is 8.93. The molecule has 0 bridgehead atoms. The molecule has 0 rings (SSSR count). The fraction of sp³-hybridized carbons (Fsp3) is 1.00. The van der Waals surface area contributed by atoms with Crippen LogP contribution in [-0.4, -0.2) is 20.1 Å². The molecule has 5 heteroatoms. The molecular weight excluding hydrogens is 272 g/mol. The average Bonchev–Trinajstić information content (AvgIpc) is 2.12. The van der Waals surface area contributed by atoms with Gasteiger partial charge in [-0.1, -0.05) is 38.3 Å². The van der Waals surface area contributed by atoms with Gasteiger partial charge in [0.05, 0.1) is 0 Å². The molecule has 0 amide bonds. The van der Waals surface area contributed by atoms with Crippen LogP contribution in [0, 0.1) is 0 Å². The zero-order valence-electron chi connectivity index (χ0n) is 8.48. The first-order valence-electron chi connectivity index (χ1n) is 4.61. The van der Waals surface area contributed by atoms with E-state index in [-0.39, 0.29) is 0 Å². The van der Waals surface area contributed by atoms with Crippen LogP contribution in [0.4, 0.5) is 0 Å². The van der Waals surface area contributed by atoms with Crippen molar-refractivity contribution in [3.8, 4) is 0 Å². The molecule has 0 aliphatic carbocycles. The fourth-order valence-corrected chi connectivity index (χ4v) is 5.18. The van der Waals surface area contributed by atoms with E-state index in [1.807, 2.05) is 0 Å². The lowest BCUT2D eigenvalue weighted by molar-refractivity contribution is 0.219. The van der Waals surface area contributed by atoms with Crippen molar-refractivity contribution in [1.82, 2.24) is 0 Å². The van der Waals surface area contributed by atoms with E-state index in [2.05, 4.69) is 29.8 Å². The summed E-state index contributed by atoms with van der Waals surface area (Å²) in [7, 11) is -0.286. The predicted octanol–water partition coefficient (Wildman–Crippen LogP) is 3.83. The second-order valence-electron chi connectivity index (χ2n) is 2.95. The van der Waals surface area contributed by atoms with Gasteiger partial charge in [-0.15, -0.1) is 0 Å². The first-order chi connectivity index (χ1) is 6.10. The topological polar surface area (TPSA) is 18.5 Å². The second-order valence-corrected chi connectivity index (χ2v) is 8.38. The lowest BCUT2D eigenvalue weighted by Crippen LogP contribution is -2.41. The number of alkyl halides is 2. The predicted molar refractivity (Wildman–Crippen MR) is 62.6 cm³/mol. The number of hydrogen-bond acceptors (Lipinski definition) is 2. The smallest absolute Gasteiger partial charge is 0.339 e. The van der Waals surface area contributed by atoms with Crippen LogP contribution < -0.4 is 0 Å². The van der Waals surface area contributed by atoms with Crippen LogP contribution in [0.25, 0.3) is 0 Å². The highest BCUT2D eigenvalue weighted by Gasteiger charge is 2.35. The number of hydrogen-bond donors (Lipinski definition) is 0. The van der Waals surface area contributed by atoms with Crippen molar-refractivity contribution in [1.29, 1.82) is 0 Å². The van der Waals surface area contributed by atoms with E-state index in [4.69, 9.17) is 20.5 Å². The van der Waals surface area contributed by atoms with Crippen molar-refractivity contribution in [3.05, 3.63) is 0 Å². The molecule has 0 heterocycles. The third-order valence-corrected chi connectivity index (χ3v) is 6.50. The summed E-state index contributed by atoms with van der Waals surface area (Å²) < 4.78 is 10.7. The van der Waals surface area contributed by atoms with Gasteiger partial charge in [0.2, 0.25) is 0 Å². The lowest BCUT2D eigenvalue weighted by atomic mass is 10.4. The average molecular weight is 290 g/mol. The van der Waals surface area contributed by atoms with E-state index < -0.39 is 13.0 Å². The minimum atomic E-state index is -2.01. The summed E-state index contributed by atoms with van der Waals surface area (Å²) in [5.41, 5.74) is 0. The molecule has 0 radical (unpaired) electrons. The van der Waals surface area contributed by atoms with E-state index >= 15 is 0 Å². The van der Waals surface area contributed by atoms with Crippen LogP contribution >= 0.6 is 27.5 Å². The Labute approximate surface area is 95.3 Å². The standard InChI is InChI=1S/C8H18BrClO2Si/c1-4-6-7-13(5-2,11-3)12-8(9)10/h8H,4-7H2,1-3H3. The van der Waals surface area contributed by atoms with Crippen LogP contribution in [-0.2, 0) is 8.85 Å². The van der Waals surface area contributed by atoms with Gasteiger partial charge in [0, 0.05) is 7.11 Å². The highest BCUT2D eigenvalue weighted by molar-refractivity contribution is 9.10. The van der Waals surface area contributed by atoms with Gasteiger partial charge in [0.25, 0.3) is 0 Å². The van der Waals surface area contributed by atoms with Crippen molar-refractivity contribution in [2.24, 2.45) is 0 Å². The van der Waals surface area contributed by atoms with Gasteiger partial charge in [-0.3, -0.25) is 0 Å². The summed E-state index contributed by atoms with van der Waals surface area (Å²) in [4.78, 5) is 0. The maximum atomic E-state index is 5.75. The number of halogens is 2. The molecule has 0 aromatic rings. The van der Waals surface area contributed by atoms with Crippen molar-refractivity contribution < 1.29 is 8.85 Å². The van der Waals surface area contributed by atoms with Crippen LogP contribution in [0.3, 0.4) is 0 Å². The van der Waals surface area contributed by atoms with Gasteiger partial charge >= 0.3 is 8.56 Å². The maximum Gasteiger partial charge on any atom is 0.339 e. The van der Waals surface area contributed by atoms with Crippen LogP contribution in [0.1, 0.15) is 26.7 Å². The molecule has 0 saturated carbocycles. The molecule has 80 valence electrons. The SMILES string of the molecule is CCCC[Si](CC)(OC)OC(Cl)Br. The molecule has 0 aromatic heterocycles. The Bertz CT molecular complexity index is 131. The van der Waals surface area contributed by atoms with Gasteiger partial charge in [-0.05, 0) is 28.0 Å². The number of rotatable bonds is 7. The fourth-order valence-electron chi connectivity index (χ4n) is 1.22. The van der Waals surface area contributed by atoms with Crippen molar-refractivity contribution >= 4 is 36.1 Å². The van der Waals surface area contributed by atoms with Crippen molar-refractivity contribution in [2.45, 2.75) is 43.2 Å². The molecule has 0 aliphatic heterocycles. The molecule has 0 N–H and O–H groups in total. The summed E-state index contributed by atoms with van der Waals surface area (Å²) in [6, 6.07) is 1.96. The second kappa shape index (κ2) is 7.23. The minimum Gasteiger partial charge on any atom is -0.398 e. The third kappa shape index (κ3) is 5.37. The van der Waals surface area contributed by atoms with Crippen molar-refractivity contribution in [2.75, 3.05) is 7.11 Å². The Balaban J connectivity index is 4.13. The summed E-state index contributed by atoms with van der Waals surface area (Å²) in [5.74, 6) is 0. The van der Waals surface area contributed by atoms with Gasteiger partial charge in [-0.25, -0.2) is 0 Å². The maximum absolute atomic E-state index is 5.75. The lowest BCUT2D eigenvalue weighted by Gasteiger charge is -2.28. The Kier molecular flexibility index (Phi) is 7.74. The number of unbranched alkanes of at least 4 members (excludes halogenated alkanes) is 1. The zero-order valence-corrected chi connectivity index (χ0v) is 11.8. The summed E-state index contributed by atoms with van der Waals surface area (Å²) in [6.07, 6.45) is 2.31. The van der Waals surface area contributed by atoms with Crippen molar-refractivity contribution in [3.63, 3.8) is 0 Å². The first-order valence-corrected chi connectivity index (χ1v) is 8.19. The Morgan fingerprint density at radius 2 is 2.08 bits per heavy atom. The monoisotopic (exact) mass is 288 g/mol. The first kappa shape index (κ1) is 13.9. The summed E-state index contributed by atoms with van der Waals surface area (Å²) in [5, 5.41) is 0. The van der Waals surface area contributed by atoms with Gasteiger partial charge < -0.3 is 8.85 Å². The molecule has 2 unspecified atom stereocenters. The largest absolute Gasteiger partial charge is 0.398 e. The van der Waals surface area contributed by atoms with E-state index in [9.17, 15) is 0 Å². The molecule has 2 nitrogen and oxygen atoms in total. The normalized spacial score (nSPS) is 18.2. The molecular formula is C8H18BrClO2Si. The van der Waals surface area contributed by atoms with Crippen LogP contribution in [0.15, 0.2) is 0 Å². The van der Waals surface area contributed by atoms with Gasteiger partial charge in [0.1, 0.15) is 0 Å². The van der Waals surface area contributed by atoms with Gasteiger partial charge in [-0.2, -0.15) is 0 Å². The van der Waals surface area contributed by atoms with E-state index in [0.717, 1.165) is 24.9 Å². The Morgan fingerprint density at radius 3 is 2.38 bits per heavy atom. The molecule has 13 heavy (non-hydrogen) atoms.